The number of hydrogen-bond donors (Lipinski definition) is 0. The normalized spacial score (nSPS) is 14.7. The van der Waals surface area contributed by atoms with E-state index < -0.39 is 22.8 Å². The minimum absolute atomic E-state index is 0.000646. The van der Waals surface area contributed by atoms with Gasteiger partial charge in [-0.2, -0.15) is 0 Å². The Balaban J connectivity index is 2.09. The Hall–Kier alpha value is -3.46. The molecule has 0 aliphatic carbocycles. The zero-order chi connectivity index (χ0) is 21.6. The number of imide groups is 2. The molecule has 2 heterocycles. The molecule has 150 valence electrons. The minimum atomic E-state index is -0.692. The molecule has 4 amide bonds. The lowest BCUT2D eigenvalue weighted by molar-refractivity contribution is -0.384. The van der Waals surface area contributed by atoms with Crippen molar-refractivity contribution in [3.8, 4) is 5.69 Å². The number of aromatic nitrogens is 1. The highest BCUT2D eigenvalue weighted by molar-refractivity contribution is 6.33. The lowest BCUT2D eigenvalue weighted by Crippen LogP contribution is -2.52. The summed E-state index contributed by atoms with van der Waals surface area (Å²) in [7, 11) is 2.62. The molecule has 0 radical (unpaired) electrons. The van der Waals surface area contributed by atoms with Gasteiger partial charge in [0.2, 0.25) is 0 Å². The molecule has 9 nitrogen and oxygen atoms in total. The molecular weight excluding hydrogens is 400 g/mol. The molecule has 1 aliphatic heterocycles. The first-order valence-electron chi connectivity index (χ1n) is 8.49. The summed E-state index contributed by atoms with van der Waals surface area (Å²) in [6.07, 6.45) is 1.44. The fourth-order valence-corrected chi connectivity index (χ4v) is 3.49. The molecule has 0 bridgehead atoms. The van der Waals surface area contributed by atoms with Crippen LogP contribution in [0.15, 0.2) is 29.8 Å². The summed E-state index contributed by atoms with van der Waals surface area (Å²) in [5.41, 5.74) is 2.34. The second-order valence-corrected chi connectivity index (χ2v) is 7.03. The molecule has 3 rings (SSSR count). The predicted octanol–water partition coefficient (Wildman–Crippen LogP) is 3.09. The van der Waals surface area contributed by atoms with Crippen LogP contribution in [0.4, 0.5) is 10.5 Å². The van der Waals surface area contributed by atoms with E-state index in [1.165, 1.54) is 32.3 Å². The van der Waals surface area contributed by atoms with E-state index in [0.717, 1.165) is 15.5 Å². The summed E-state index contributed by atoms with van der Waals surface area (Å²) < 4.78 is 1.80. The summed E-state index contributed by atoms with van der Waals surface area (Å²) in [6.45, 7) is 3.60. The maximum Gasteiger partial charge on any atom is 0.333 e. The number of carbonyl (C=O) groups excluding carboxylic acids is 3. The molecule has 1 aromatic heterocycles. The summed E-state index contributed by atoms with van der Waals surface area (Å²) >= 11 is 6.03. The molecule has 0 spiro atoms. The lowest BCUT2D eigenvalue weighted by Gasteiger charge is -2.28. The molecule has 1 fully saturated rings. The third kappa shape index (κ3) is 3.29. The van der Waals surface area contributed by atoms with E-state index in [1.807, 2.05) is 6.92 Å². The molecule has 10 heteroatoms. The first kappa shape index (κ1) is 20.3. The minimum Gasteiger partial charge on any atom is -0.318 e. The Bertz CT molecular complexity index is 1090. The van der Waals surface area contributed by atoms with Crippen molar-refractivity contribution in [2.75, 3.05) is 14.1 Å². The molecule has 0 saturated carbocycles. The van der Waals surface area contributed by atoms with Crippen LogP contribution in [0.5, 0.6) is 0 Å². The molecule has 0 atom stereocenters. The highest BCUT2D eigenvalue weighted by Crippen LogP contribution is 2.30. The number of nitrogens with zero attached hydrogens (tertiary/aromatic N) is 4. The van der Waals surface area contributed by atoms with Crippen LogP contribution >= 0.6 is 11.6 Å². The Morgan fingerprint density at radius 3 is 2.14 bits per heavy atom. The summed E-state index contributed by atoms with van der Waals surface area (Å²) in [6, 6.07) is 5.45. The summed E-state index contributed by atoms with van der Waals surface area (Å²) in [5.74, 6) is -1.36. The van der Waals surface area contributed by atoms with E-state index >= 15 is 0 Å². The standard InChI is InChI=1S/C19H17ClN4O5/c1-10-7-12(8-14-17(25)21(3)19(27)22(4)18(14)26)11(2)23(10)13-5-6-16(24(28)29)15(20)9-13/h5-9H,1-4H3. The van der Waals surface area contributed by atoms with E-state index in [0.29, 0.717) is 16.9 Å². The van der Waals surface area contributed by atoms with Gasteiger partial charge in [0.05, 0.1) is 4.92 Å². The quantitative estimate of drug-likeness (QED) is 0.331. The largest absolute Gasteiger partial charge is 0.333 e. The Morgan fingerprint density at radius 1 is 1.03 bits per heavy atom. The molecule has 0 N–H and O–H groups in total. The molecular formula is C19H17ClN4O5. The number of urea groups is 1. The van der Waals surface area contributed by atoms with Crippen LogP contribution in [-0.4, -0.2) is 51.2 Å². The number of carbonyl (C=O) groups is 3. The smallest absolute Gasteiger partial charge is 0.318 e. The van der Waals surface area contributed by atoms with Crippen LogP contribution in [0.25, 0.3) is 11.8 Å². The third-order valence-corrected chi connectivity index (χ3v) is 5.10. The fourth-order valence-electron chi connectivity index (χ4n) is 3.24. The van der Waals surface area contributed by atoms with Crippen LogP contribution in [0.2, 0.25) is 5.02 Å². The first-order chi connectivity index (χ1) is 13.5. The van der Waals surface area contributed by atoms with Gasteiger partial charge in [0.15, 0.2) is 0 Å². The van der Waals surface area contributed by atoms with Gasteiger partial charge in [0.1, 0.15) is 10.6 Å². The van der Waals surface area contributed by atoms with E-state index in [-0.39, 0.29) is 16.3 Å². The van der Waals surface area contributed by atoms with E-state index in [1.54, 1.807) is 23.6 Å². The number of hydrogen-bond acceptors (Lipinski definition) is 5. The van der Waals surface area contributed by atoms with Gasteiger partial charge in [0.25, 0.3) is 17.5 Å². The Kier molecular flexibility index (Phi) is 5.02. The predicted molar refractivity (Wildman–Crippen MR) is 106 cm³/mol. The van der Waals surface area contributed by atoms with Gasteiger partial charge in [-0.25, -0.2) is 4.79 Å². The molecule has 0 unspecified atom stereocenters. The van der Waals surface area contributed by atoms with Crippen molar-refractivity contribution >= 4 is 41.2 Å². The second-order valence-electron chi connectivity index (χ2n) is 6.62. The van der Waals surface area contributed by atoms with E-state index in [2.05, 4.69) is 0 Å². The van der Waals surface area contributed by atoms with Crippen molar-refractivity contribution < 1.29 is 19.3 Å². The molecule has 1 saturated heterocycles. The van der Waals surface area contributed by atoms with Crippen LogP contribution in [0, 0.1) is 24.0 Å². The first-order valence-corrected chi connectivity index (χ1v) is 8.87. The number of halogens is 1. The highest BCUT2D eigenvalue weighted by atomic mass is 35.5. The molecule has 29 heavy (non-hydrogen) atoms. The van der Waals surface area contributed by atoms with Gasteiger partial charge < -0.3 is 4.57 Å². The number of amides is 4. The van der Waals surface area contributed by atoms with Crippen molar-refractivity contribution in [1.82, 2.24) is 14.4 Å². The molecule has 1 aromatic carbocycles. The zero-order valence-electron chi connectivity index (χ0n) is 16.1. The zero-order valence-corrected chi connectivity index (χ0v) is 16.9. The number of rotatable bonds is 3. The monoisotopic (exact) mass is 416 g/mol. The van der Waals surface area contributed by atoms with Crippen molar-refractivity contribution in [3.63, 3.8) is 0 Å². The van der Waals surface area contributed by atoms with Gasteiger partial charge in [-0.05, 0) is 43.7 Å². The average Bonchev–Trinajstić information content (AvgIpc) is 2.94. The SMILES string of the molecule is Cc1cc(C=C2C(=O)N(C)C(=O)N(C)C2=O)c(C)n1-c1ccc([N+](=O)[O-])c(Cl)c1. The number of nitro groups is 1. The average molecular weight is 417 g/mol. The highest BCUT2D eigenvalue weighted by Gasteiger charge is 2.38. The third-order valence-electron chi connectivity index (χ3n) is 4.80. The van der Waals surface area contributed by atoms with Gasteiger partial charge >= 0.3 is 6.03 Å². The van der Waals surface area contributed by atoms with Gasteiger partial charge in [0, 0.05) is 37.2 Å². The molecule has 2 aromatic rings. The van der Waals surface area contributed by atoms with Crippen molar-refractivity contribution in [3.05, 3.63) is 61.9 Å². The number of benzene rings is 1. The fraction of sp³-hybridized carbons (Fsp3) is 0.211. The molecule has 1 aliphatic rings. The van der Waals surface area contributed by atoms with Gasteiger partial charge in [-0.3, -0.25) is 29.5 Å². The maximum atomic E-state index is 12.4. The topological polar surface area (TPSA) is 106 Å². The van der Waals surface area contributed by atoms with Crippen molar-refractivity contribution in [2.24, 2.45) is 0 Å². The number of nitro benzene ring substituents is 1. The van der Waals surface area contributed by atoms with E-state index in [4.69, 9.17) is 11.6 Å². The number of aryl methyl sites for hydroxylation is 1. The van der Waals surface area contributed by atoms with Crippen molar-refractivity contribution in [1.29, 1.82) is 0 Å². The van der Waals surface area contributed by atoms with Crippen LogP contribution in [0.3, 0.4) is 0 Å². The van der Waals surface area contributed by atoms with Gasteiger partial charge in [-0.1, -0.05) is 11.6 Å². The number of barbiturate groups is 1. The Morgan fingerprint density at radius 2 is 1.62 bits per heavy atom. The lowest BCUT2D eigenvalue weighted by atomic mass is 10.1. The number of likely N-dealkylation sites (N-methyl/N-ethyl adjacent to an activating group) is 2. The second kappa shape index (κ2) is 7.17. The summed E-state index contributed by atoms with van der Waals surface area (Å²) in [4.78, 5) is 48.9. The summed E-state index contributed by atoms with van der Waals surface area (Å²) in [5, 5.41) is 11.0. The maximum absolute atomic E-state index is 12.4. The van der Waals surface area contributed by atoms with Gasteiger partial charge in [-0.15, -0.1) is 0 Å². The van der Waals surface area contributed by atoms with Crippen LogP contribution in [0.1, 0.15) is 17.0 Å². The van der Waals surface area contributed by atoms with Crippen molar-refractivity contribution in [2.45, 2.75) is 13.8 Å². The van der Waals surface area contributed by atoms with E-state index in [9.17, 15) is 24.5 Å². The van der Waals surface area contributed by atoms with Crippen LogP contribution in [-0.2, 0) is 9.59 Å². The van der Waals surface area contributed by atoms with Crippen LogP contribution < -0.4 is 0 Å². The Labute approximate surface area is 170 Å².